The molecule has 170 valence electrons. The highest BCUT2D eigenvalue weighted by Gasteiger charge is 2.26. The van der Waals surface area contributed by atoms with Crippen LogP contribution in [-0.4, -0.2) is 61.3 Å². The van der Waals surface area contributed by atoms with E-state index in [1.807, 2.05) is 20.8 Å². The van der Waals surface area contributed by atoms with Crippen molar-refractivity contribution in [3.63, 3.8) is 0 Å². The number of piperidine rings is 1. The first-order chi connectivity index (χ1) is 13.8. The molecule has 30 heavy (non-hydrogen) atoms. The first kappa shape index (κ1) is 26.5. The van der Waals surface area contributed by atoms with Crippen LogP contribution in [0.4, 0.5) is 4.79 Å². The molecule has 3 N–H and O–H groups in total. The monoisotopic (exact) mass is 531 g/mol. The summed E-state index contributed by atoms with van der Waals surface area (Å²) >= 11 is 0. The zero-order chi connectivity index (χ0) is 21.3. The van der Waals surface area contributed by atoms with E-state index in [4.69, 9.17) is 4.74 Å². The largest absolute Gasteiger partial charge is 0.444 e. The Morgan fingerprint density at radius 3 is 2.47 bits per heavy atom. The second kappa shape index (κ2) is 13.0. The van der Waals surface area contributed by atoms with Crippen molar-refractivity contribution in [2.75, 3.05) is 26.7 Å². The third kappa shape index (κ3) is 9.97. The highest BCUT2D eigenvalue weighted by Crippen LogP contribution is 2.19. The molecule has 1 fully saturated rings. The van der Waals surface area contributed by atoms with Gasteiger partial charge in [0.2, 0.25) is 0 Å². The molecule has 1 aromatic carbocycles. The third-order valence-electron chi connectivity index (χ3n) is 4.89. The van der Waals surface area contributed by atoms with Crippen molar-refractivity contribution < 1.29 is 9.53 Å². The Morgan fingerprint density at radius 1 is 1.20 bits per heavy atom. The molecule has 1 heterocycles. The van der Waals surface area contributed by atoms with Crippen molar-refractivity contribution in [2.24, 2.45) is 4.99 Å². The van der Waals surface area contributed by atoms with Crippen LogP contribution in [0.1, 0.15) is 46.1 Å². The van der Waals surface area contributed by atoms with Crippen LogP contribution >= 0.6 is 24.0 Å². The van der Waals surface area contributed by atoms with Crippen LogP contribution in [-0.2, 0) is 11.3 Å². The topological polar surface area (TPSA) is 78.0 Å². The summed E-state index contributed by atoms with van der Waals surface area (Å²) in [5.41, 5.74) is 0.877. The quantitative estimate of drug-likeness (QED) is 0.227. The zero-order valence-corrected chi connectivity index (χ0v) is 21.2. The highest BCUT2D eigenvalue weighted by atomic mass is 127. The second-order valence-electron chi connectivity index (χ2n) is 8.60. The summed E-state index contributed by atoms with van der Waals surface area (Å²) < 4.78 is 5.23. The van der Waals surface area contributed by atoms with E-state index < -0.39 is 11.7 Å². The summed E-state index contributed by atoms with van der Waals surface area (Å²) in [6.07, 6.45) is 1.75. The number of nitrogens with one attached hydrogen (secondary N) is 3. The molecular weight excluding hydrogens is 493 g/mol. The van der Waals surface area contributed by atoms with Crippen molar-refractivity contribution in [1.29, 1.82) is 0 Å². The van der Waals surface area contributed by atoms with Crippen molar-refractivity contribution >= 4 is 36.0 Å². The van der Waals surface area contributed by atoms with E-state index in [2.05, 4.69) is 63.1 Å². The van der Waals surface area contributed by atoms with Crippen LogP contribution in [0.3, 0.4) is 0 Å². The molecule has 2 unspecified atom stereocenters. The molecule has 7 nitrogen and oxygen atoms in total. The lowest BCUT2D eigenvalue weighted by Crippen LogP contribution is -2.52. The number of amides is 1. The molecule has 0 saturated carbocycles. The fraction of sp³-hybridized carbons (Fsp3) is 0.636. The summed E-state index contributed by atoms with van der Waals surface area (Å²) in [6, 6.07) is 11.5. The van der Waals surface area contributed by atoms with Gasteiger partial charge in [-0.1, -0.05) is 30.3 Å². The third-order valence-corrected chi connectivity index (χ3v) is 4.89. The fourth-order valence-corrected chi connectivity index (χ4v) is 3.45. The lowest BCUT2D eigenvalue weighted by molar-refractivity contribution is 0.0529. The van der Waals surface area contributed by atoms with Crippen molar-refractivity contribution in [3.8, 4) is 0 Å². The molecule has 0 radical (unpaired) electrons. The summed E-state index contributed by atoms with van der Waals surface area (Å²) in [5, 5.41) is 9.52. The predicted molar refractivity (Wildman–Crippen MR) is 133 cm³/mol. The standard InChI is InChI=1S/C22H37N5O2.HI/c1-17-15-19(11-14-27(17)16-18-9-7-6-8-10-18)26-20(23-5)24-12-13-25-21(28)29-22(2,3)4;/h6-10,17,19H,11-16H2,1-5H3,(H,25,28)(H2,23,24,26);1H. The lowest BCUT2D eigenvalue weighted by atomic mass is 9.97. The van der Waals surface area contributed by atoms with Gasteiger partial charge < -0.3 is 20.7 Å². The van der Waals surface area contributed by atoms with Gasteiger partial charge in [0.05, 0.1) is 0 Å². The number of benzene rings is 1. The number of halogens is 1. The number of carbonyl (C=O) groups is 1. The van der Waals surface area contributed by atoms with Gasteiger partial charge >= 0.3 is 6.09 Å². The number of hydrogen-bond donors (Lipinski definition) is 3. The summed E-state index contributed by atoms with van der Waals surface area (Å²) in [7, 11) is 1.77. The Morgan fingerprint density at radius 2 is 1.87 bits per heavy atom. The van der Waals surface area contributed by atoms with Gasteiger partial charge in [-0.15, -0.1) is 24.0 Å². The molecule has 0 spiro atoms. The van der Waals surface area contributed by atoms with Gasteiger partial charge in [0.15, 0.2) is 5.96 Å². The molecule has 0 aromatic heterocycles. The first-order valence-corrected chi connectivity index (χ1v) is 10.5. The normalized spacial score (nSPS) is 20.1. The van der Waals surface area contributed by atoms with E-state index in [1.54, 1.807) is 7.05 Å². The molecule has 2 rings (SSSR count). The molecule has 1 aromatic rings. The number of guanidine groups is 1. The Bertz CT molecular complexity index is 663. The Labute approximate surface area is 198 Å². The molecule has 1 saturated heterocycles. The highest BCUT2D eigenvalue weighted by molar-refractivity contribution is 14.0. The van der Waals surface area contributed by atoms with Crippen molar-refractivity contribution in [1.82, 2.24) is 20.9 Å². The number of alkyl carbamates (subject to hydrolysis) is 1. The van der Waals surface area contributed by atoms with Gasteiger partial charge in [0.1, 0.15) is 5.60 Å². The fourth-order valence-electron chi connectivity index (χ4n) is 3.45. The van der Waals surface area contributed by atoms with E-state index >= 15 is 0 Å². The van der Waals surface area contributed by atoms with Gasteiger partial charge in [-0.3, -0.25) is 9.89 Å². The zero-order valence-electron chi connectivity index (χ0n) is 18.9. The van der Waals surface area contributed by atoms with Crippen molar-refractivity contribution in [3.05, 3.63) is 35.9 Å². The van der Waals surface area contributed by atoms with E-state index in [1.165, 1.54) is 5.56 Å². The van der Waals surface area contributed by atoms with Crippen LogP contribution in [0.5, 0.6) is 0 Å². The maximum atomic E-state index is 11.7. The van der Waals surface area contributed by atoms with E-state index in [0.29, 0.717) is 25.2 Å². The number of aliphatic imine (C=N–C) groups is 1. The van der Waals surface area contributed by atoms with Gasteiger partial charge in [0, 0.05) is 45.3 Å². The number of likely N-dealkylation sites (tertiary alicyclic amines) is 1. The van der Waals surface area contributed by atoms with Crippen LogP contribution < -0.4 is 16.0 Å². The molecule has 1 aliphatic rings. The van der Waals surface area contributed by atoms with Gasteiger partial charge in [0.25, 0.3) is 0 Å². The van der Waals surface area contributed by atoms with Crippen LogP contribution in [0.15, 0.2) is 35.3 Å². The SMILES string of the molecule is CN=C(NCCNC(=O)OC(C)(C)C)NC1CCN(Cc2ccccc2)C(C)C1.I. The minimum absolute atomic E-state index is 0. The van der Waals surface area contributed by atoms with Crippen LogP contribution in [0.2, 0.25) is 0 Å². The molecule has 8 heteroatoms. The summed E-state index contributed by atoms with van der Waals surface area (Å²) in [6.45, 7) is 11.0. The summed E-state index contributed by atoms with van der Waals surface area (Å²) in [4.78, 5) is 18.5. The maximum absolute atomic E-state index is 11.7. The average molecular weight is 531 g/mol. The van der Waals surface area contributed by atoms with Gasteiger partial charge in [-0.25, -0.2) is 4.79 Å². The van der Waals surface area contributed by atoms with Crippen LogP contribution in [0.25, 0.3) is 0 Å². The van der Waals surface area contributed by atoms with E-state index in [0.717, 1.165) is 31.9 Å². The number of ether oxygens (including phenoxy) is 1. The Balaban J connectivity index is 0.00000450. The van der Waals surface area contributed by atoms with Gasteiger partial charge in [-0.2, -0.15) is 0 Å². The van der Waals surface area contributed by atoms with Gasteiger partial charge in [-0.05, 0) is 46.1 Å². The predicted octanol–water partition coefficient (Wildman–Crippen LogP) is 3.35. The number of carbonyl (C=O) groups excluding carboxylic acids is 1. The number of nitrogens with zero attached hydrogens (tertiary/aromatic N) is 2. The Hall–Kier alpha value is -1.55. The first-order valence-electron chi connectivity index (χ1n) is 10.5. The molecule has 0 aliphatic carbocycles. The second-order valence-corrected chi connectivity index (χ2v) is 8.60. The molecule has 2 atom stereocenters. The summed E-state index contributed by atoms with van der Waals surface area (Å²) in [5.74, 6) is 0.768. The van der Waals surface area contributed by atoms with Crippen LogP contribution in [0, 0.1) is 0 Å². The average Bonchev–Trinajstić information content (AvgIpc) is 2.65. The lowest BCUT2D eigenvalue weighted by Gasteiger charge is -2.38. The maximum Gasteiger partial charge on any atom is 0.407 e. The minimum atomic E-state index is -0.485. The minimum Gasteiger partial charge on any atom is -0.444 e. The molecule has 0 bridgehead atoms. The Kier molecular flexibility index (Phi) is 11.5. The number of rotatable bonds is 6. The molecular formula is C22H38IN5O2. The molecule has 1 amide bonds. The molecule has 1 aliphatic heterocycles. The van der Waals surface area contributed by atoms with E-state index in [-0.39, 0.29) is 24.0 Å². The number of hydrogen-bond acceptors (Lipinski definition) is 4. The smallest absolute Gasteiger partial charge is 0.407 e. The van der Waals surface area contributed by atoms with E-state index in [9.17, 15) is 4.79 Å². The van der Waals surface area contributed by atoms with Crippen molar-refractivity contribution in [2.45, 2.75) is 64.8 Å².